The van der Waals surface area contributed by atoms with Crippen molar-refractivity contribution in [3.63, 3.8) is 0 Å². The molecule has 4 aliphatic heterocycles. The van der Waals surface area contributed by atoms with Crippen LogP contribution in [0.25, 0.3) is 0 Å². The predicted molar refractivity (Wildman–Crippen MR) is 392 cm³/mol. The molecule has 0 spiro atoms. The minimum Gasteiger partial charge on any atom is -0.488 e. The third-order valence-corrected chi connectivity index (χ3v) is 21.1. The summed E-state index contributed by atoms with van der Waals surface area (Å²) in [7, 11) is 0. The molecule has 4 atom stereocenters. The highest BCUT2D eigenvalue weighted by atomic mass is 19.3. The number of likely N-dealkylation sites (tertiary alicyclic amines) is 1. The first-order chi connectivity index (χ1) is 53.1. The van der Waals surface area contributed by atoms with Crippen molar-refractivity contribution in [3.8, 4) is 54.0 Å². The van der Waals surface area contributed by atoms with Gasteiger partial charge < -0.3 is 71.5 Å². The molecular formula is C75H89F5N22O9. The van der Waals surface area contributed by atoms with E-state index in [-0.39, 0.29) is 145 Å². The first-order valence-corrected chi connectivity index (χ1v) is 37.2. The zero-order chi connectivity index (χ0) is 78.8. The number of alkyl halides is 5. The number of piperidine rings is 3. The number of amides is 3. The summed E-state index contributed by atoms with van der Waals surface area (Å²) in [5.74, 6) is -1.23. The SMILES string of the molecule is C#CC1(COc2nc(C(=O)N3CCC(F)(F)C3)cc(N3CCC(c4ccc(N)c(C(N)=O)n4)CC3)n2)CC1.CC(F)(F)CCC(=O)c1cc(N2CCC(COc3cncnc3N)CC2)nc(OC[C@H]2C[C@H]2C#N)n1.CC1(F)CC(NC(=O)c2cc(N3CCC(COc4cncnc4N)CC3)nc(OC[C@H]3C[C@H]3C#N)n2)C1. The molecular weight excluding hydrogens is 1450 g/mol. The molecule has 0 bridgehead atoms. The van der Waals surface area contributed by atoms with Crippen molar-refractivity contribution in [2.24, 2.45) is 46.7 Å². The van der Waals surface area contributed by atoms with Gasteiger partial charge in [-0.05, 0) is 102 Å². The number of halogens is 5. The monoisotopic (exact) mass is 1540 g/mol. The Hall–Kier alpha value is -11.4. The van der Waals surface area contributed by atoms with E-state index < -0.39 is 48.1 Å². The maximum absolute atomic E-state index is 13.9. The summed E-state index contributed by atoms with van der Waals surface area (Å²) in [4.78, 5) is 104. The quantitative estimate of drug-likeness (QED) is 0.0186. The molecule has 31 nitrogen and oxygen atoms in total. The van der Waals surface area contributed by atoms with E-state index in [1.54, 1.807) is 24.4 Å². The molecule has 8 fully saturated rings. The van der Waals surface area contributed by atoms with E-state index in [1.165, 1.54) is 37.9 Å². The second kappa shape index (κ2) is 34.3. The summed E-state index contributed by atoms with van der Waals surface area (Å²) in [6.07, 6.45) is 18.7. The van der Waals surface area contributed by atoms with Crippen LogP contribution in [0.2, 0.25) is 0 Å². The van der Waals surface area contributed by atoms with Crippen LogP contribution in [0.3, 0.4) is 0 Å². The van der Waals surface area contributed by atoms with Crippen LogP contribution in [0.1, 0.15) is 164 Å². The average Bonchev–Trinajstić information content (AvgIpc) is 1.70. The van der Waals surface area contributed by atoms with Gasteiger partial charge in [0, 0.05) is 126 Å². The molecule has 111 heavy (non-hydrogen) atoms. The van der Waals surface area contributed by atoms with Crippen molar-refractivity contribution in [3.05, 3.63) is 83.8 Å². The van der Waals surface area contributed by atoms with Gasteiger partial charge in [-0.15, -0.1) is 6.42 Å². The van der Waals surface area contributed by atoms with Gasteiger partial charge in [-0.2, -0.15) is 40.4 Å². The second-order valence-corrected chi connectivity index (χ2v) is 30.1. The van der Waals surface area contributed by atoms with Crippen molar-refractivity contribution in [2.75, 3.05) is 117 Å². The normalized spacial score (nSPS) is 22.4. The van der Waals surface area contributed by atoms with Crippen molar-refractivity contribution < 1.29 is 64.8 Å². The topological polar surface area (TPSA) is 433 Å². The van der Waals surface area contributed by atoms with Crippen LogP contribution in [-0.4, -0.2) is 192 Å². The van der Waals surface area contributed by atoms with Crippen LogP contribution in [0.5, 0.6) is 29.5 Å². The van der Waals surface area contributed by atoms with E-state index >= 15 is 0 Å². The number of nitrogens with zero attached hydrogens (tertiary/aromatic N) is 17. The van der Waals surface area contributed by atoms with Gasteiger partial charge in [-0.1, -0.05) is 5.92 Å². The molecule has 0 unspecified atom stereocenters. The number of nitrogens with one attached hydrogen (secondary N) is 1. The number of hydrogen-bond acceptors (Lipinski definition) is 28. The van der Waals surface area contributed by atoms with Crippen LogP contribution < -0.4 is 66.6 Å². The zero-order valence-corrected chi connectivity index (χ0v) is 61.7. The summed E-state index contributed by atoms with van der Waals surface area (Å²) in [5.41, 5.74) is 22.5. The van der Waals surface area contributed by atoms with Crippen LogP contribution in [0.15, 0.2) is 55.4 Å². The van der Waals surface area contributed by atoms with E-state index in [2.05, 4.69) is 83.1 Å². The fourth-order valence-electron chi connectivity index (χ4n) is 13.6. The molecule has 4 saturated heterocycles. The number of Topliss-reactive ketones (excluding diaryl/α,β-unsaturated/α-hetero) is 1. The highest BCUT2D eigenvalue weighted by Gasteiger charge is 2.45. The third-order valence-electron chi connectivity index (χ3n) is 21.1. The second-order valence-electron chi connectivity index (χ2n) is 30.1. The Bertz CT molecular complexity index is 4470. The van der Waals surface area contributed by atoms with Gasteiger partial charge in [0.25, 0.3) is 23.6 Å². The van der Waals surface area contributed by atoms with E-state index in [9.17, 15) is 41.1 Å². The molecule has 6 aromatic heterocycles. The van der Waals surface area contributed by atoms with Crippen molar-refractivity contribution >= 4 is 58.3 Å². The number of nitrogen functional groups attached to an aromatic ring is 3. The number of ketones is 1. The molecule has 4 saturated carbocycles. The molecule has 9 N–H and O–H groups in total. The molecule has 4 aliphatic carbocycles. The average molecular weight is 1540 g/mol. The van der Waals surface area contributed by atoms with Gasteiger partial charge in [0.15, 0.2) is 34.6 Å². The zero-order valence-electron chi connectivity index (χ0n) is 61.7. The standard InChI is InChI=1S/C26H29F2N7O3.C25H31FN8O3.C24H29F2N7O3/c1-2-25(7-8-25)15-38-24-32-19(23(37)35-12-9-26(27,28)14-35)13-20(33-24)34-10-5-16(6-11-34)18-4-3-17(29)21(31-18)22(30)36;1-25(26)8-18(9-25)31-23(35)19-7-21(33-24(32-19)37-13-17-6-16(17)10-27)34-4-2-15(3-5-34)12-36-20-11-29-14-30-22(20)28;1-24(25,26)5-2-19(34)18-9-21(32-23(31-18)36-13-17-8-16(17)10-27)33-6-3-15(4-7-33)12-35-20-11-29-14-30-22(20)28/h1,3-4,13,16H,5-12,14-15,29H2,(H2,30,36);7,11,14-18H,2-6,8-9,12-13H2,1H3,(H,31,35)(H2,28,29,30);9,11,14-17H,2-8,12-13H2,1H3,(H2,28,29,30)/t;16-,17+,18?,25?;16-,17+/m.00/s1. The predicted octanol–water partition coefficient (Wildman–Crippen LogP) is 7.81. The lowest BCUT2D eigenvalue weighted by molar-refractivity contribution is 0.0111. The lowest BCUT2D eigenvalue weighted by atomic mass is 9.79. The minimum absolute atomic E-state index is 0.00127. The number of hydrogen-bond donors (Lipinski definition) is 5. The van der Waals surface area contributed by atoms with Crippen LogP contribution >= 0.6 is 0 Å². The number of primary amides is 1. The molecule has 3 amide bonds. The lowest BCUT2D eigenvalue weighted by Crippen LogP contribution is -2.51. The molecule has 8 aliphatic rings. The number of pyridine rings is 1. The number of ether oxygens (including phenoxy) is 5. The Morgan fingerprint density at radius 1 is 0.649 bits per heavy atom. The highest BCUT2D eigenvalue weighted by molar-refractivity contribution is 5.96. The summed E-state index contributed by atoms with van der Waals surface area (Å²) in [5, 5.41) is 20.9. The van der Waals surface area contributed by atoms with Gasteiger partial charge >= 0.3 is 18.0 Å². The number of nitriles is 2. The molecule has 10 heterocycles. The van der Waals surface area contributed by atoms with E-state index in [0.717, 1.165) is 68.9 Å². The maximum Gasteiger partial charge on any atom is 0.319 e. The van der Waals surface area contributed by atoms with Gasteiger partial charge in [0.1, 0.15) is 59.5 Å². The fraction of sp³-hybridized carbons (Fsp3) is 0.560. The smallest absolute Gasteiger partial charge is 0.319 e. The fourth-order valence-corrected chi connectivity index (χ4v) is 13.6. The van der Waals surface area contributed by atoms with Crippen molar-refractivity contribution in [1.29, 1.82) is 10.5 Å². The number of carbonyl (C=O) groups is 4. The van der Waals surface area contributed by atoms with Gasteiger partial charge in [-0.3, -0.25) is 19.2 Å². The van der Waals surface area contributed by atoms with E-state index in [1.807, 2.05) is 9.80 Å². The molecule has 14 rings (SSSR count). The Labute approximate surface area is 637 Å². The highest BCUT2D eigenvalue weighted by Crippen LogP contribution is 2.46. The molecule has 6 aromatic rings. The van der Waals surface area contributed by atoms with Crippen molar-refractivity contribution in [1.82, 2.24) is 65.0 Å². The minimum atomic E-state index is -2.94. The molecule has 36 heteroatoms. The Morgan fingerprint density at radius 2 is 1.14 bits per heavy atom. The van der Waals surface area contributed by atoms with Gasteiger partial charge in [-0.25, -0.2) is 46.9 Å². The van der Waals surface area contributed by atoms with Crippen LogP contribution in [0, 0.1) is 75.9 Å². The summed E-state index contributed by atoms with van der Waals surface area (Å²) >= 11 is 0. The maximum atomic E-state index is 13.9. The summed E-state index contributed by atoms with van der Waals surface area (Å²) in [6, 6.07) is 12.5. The molecule has 0 radical (unpaired) electrons. The summed E-state index contributed by atoms with van der Waals surface area (Å²) in [6.45, 7) is 7.32. The van der Waals surface area contributed by atoms with E-state index in [0.29, 0.717) is 118 Å². The first-order valence-electron chi connectivity index (χ1n) is 37.2. The number of carbonyl (C=O) groups excluding carboxylic acids is 4. The largest absolute Gasteiger partial charge is 0.488 e. The number of nitrogens with two attached hydrogens (primary N) is 4. The van der Waals surface area contributed by atoms with E-state index in [4.69, 9.17) is 63.6 Å². The Morgan fingerprint density at radius 3 is 1.60 bits per heavy atom. The molecule has 588 valence electrons. The summed E-state index contributed by atoms with van der Waals surface area (Å²) < 4.78 is 96.9. The van der Waals surface area contributed by atoms with Crippen molar-refractivity contribution in [2.45, 2.75) is 140 Å². The van der Waals surface area contributed by atoms with Crippen LogP contribution in [0.4, 0.5) is 56.7 Å². The first kappa shape index (κ1) is 79.2. The number of terminal acetylenes is 1. The number of rotatable bonds is 27. The Kier molecular flexibility index (Phi) is 24.4. The lowest BCUT2D eigenvalue weighted by Gasteiger charge is -2.38. The molecule has 0 aromatic carbocycles. The third kappa shape index (κ3) is 21.6. The Balaban J connectivity index is 0.000000155. The number of anilines is 6. The van der Waals surface area contributed by atoms with Crippen LogP contribution in [-0.2, 0) is 0 Å². The number of aromatic nitrogens is 11. The van der Waals surface area contributed by atoms with Gasteiger partial charge in [0.2, 0.25) is 5.92 Å². The van der Waals surface area contributed by atoms with Gasteiger partial charge in [0.05, 0.1) is 80.4 Å².